The van der Waals surface area contributed by atoms with E-state index in [1.165, 1.54) is 24.3 Å². The first kappa shape index (κ1) is 17.7. The van der Waals surface area contributed by atoms with Gasteiger partial charge in [0.05, 0.1) is 10.7 Å². The highest BCUT2D eigenvalue weighted by atomic mass is 32.2. The minimum Gasteiger partial charge on any atom is -0.325 e. The van der Waals surface area contributed by atoms with Gasteiger partial charge in [0.2, 0.25) is 5.91 Å². The van der Waals surface area contributed by atoms with Gasteiger partial charge in [0.1, 0.15) is 0 Å². The minimum atomic E-state index is -0.529. The largest absolute Gasteiger partial charge is 0.325 e. The molecule has 0 fully saturated rings. The number of aromatic nitrogens is 2. The van der Waals surface area contributed by atoms with Crippen molar-refractivity contribution in [3.63, 3.8) is 0 Å². The quantitative estimate of drug-likeness (QED) is 0.343. The number of rotatable bonds is 7. The van der Waals surface area contributed by atoms with Crippen molar-refractivity contribution in [3.05, 3.63) is 56.5 Å². The number of aromatic amines is 1. The number of nitrogens with zero attached hydrogens (tertiary/aromatic N) is 2. The lowest BCUT2D eigenvalue weighted by Crippen LogP contribution is -2.16. The van der Waals surface area contributed by atoms with Gasteiger partial charge in [-0.15, -0.1) is 0 Å². The summed E-state index contributed by atoms with van der Waals surface area (Å²) in [6.07, 6.45) is 1.56. The number of amides is 1. The lowest BCUT2D eigenvalue weighted by molar-refractivity contribution is -0.384. The van der Waals surface area contributed by atoms with Crippen molar-refractivity contribution in [1.29, 1.82) is 0 Å². The molecule has 0 aliphatic rings. The van der Waals surface area contributed by atoms with Crippen molar-refractivity contribution in [2.24, 2.45) is 0 Å². The lowest BCUT2D eigenvalue weighted by Gasteiger charge is -2.05. The number of hydrogen-bond acceptors (Lipinski definition) is 6. The molecule has 0 atom stereocenters. The second kappa shape index (κ2) is 8.25. The van der Waals surface area contributed by atoms with Crippen molar-refractivity contribution in [2.75, 3.05) is 11.1 Å². The summed E-state index contributed by atoms with van der Waals surface area (Å²) < 4.78 is 0. The van der Waals surface area contributed by atoms with Crippen molar-refractivity contribution in [3.8, 4) is 0 Å². The second-order valence-corrected chi connectivity index (χ2v) is 5.90. The number of aryl methyl sites for hydroxylation is 1. The van der Waals surface area contributed by atoms with Gasteiger partial charge in [0.15, 0.2) is 5.16 Å². The van der Waals surface area contributed by atoms with E-state index < -0.39 is 4.92 Å². The van der Waals surface area contributed by atoms with Crippen molar-refractivity contribution in [1.82, 2.24) is 9.97 Å². The van der Waals surface area contributed by atoms with E-state index in [1.54, 1.807) is 6.07 Å². The number of nitrogens with one attached hydrogen (secondary N) is 2. The molecule has 9 heteroatoms. The Labute approximate surface area is 141 Å². The maximum Gasteiger partial charge on any atom is 0.271 e. The third-order valence-electron chi connectivity index (χ3n) is 2.96. The lowest BCUT2D eigenvalue weighted by atomic mass is 10.2. The fraction of sp³-hybridized carbons (Fsp3) is 0.267. The predicted octanol–water partition coefficient (Wildman–Crippen LogP) is 2.36. The summed E-state index contributed by atoms with van der Waals surface area (Å²) in [4.78, 5) is 40.5. The van der Waals surface area contributed by atoms with E-state index in [0.29, 0.717) is 23.0 Å². The molecular weight excluding hydrogens is 332 g/mol. The van der Waals surface area contributed by atoms with Gasteiger partial charge < -0.3 is 10.3 Å². The molecule has 24 heavy (non-hydrogen) atoms. The Hall–Kier alpha value is -2.68. The Kier molecular flexibility index (Phi) is 6.07. The SMILES string of the molecule is CCCc1cc(=O)[nH]c(SCC(=O)Nc2cccc([N+](=O)[O-])c2)n1. The maximum atomic E-state index is 11.9. The molecule has 126 valence electrons. The minimum absolute atomic E-state index is 0.0290. The van der Waals surface area contributed by atoms with E-state index in [0.717, 1.165) is 18.2 Å². The third kappa shape index (κ3) is 5.20. The average Bonchev–Trinajstić information content (AvgIpc) is 2.53. The first-order valence-electron chi connectivity index (χ1n) is 7.25. The van der Waals surface area contributed by atoms with Crippen LogP contribution in [0, 0.1) is 10.1 Å². The Bertz CT molecular complexity index is 806. The van der Waals surface area contributed by atoms with Crippen LogP contribution >= 0.6 is 11.8 Å². The number of carbonyl (C=O) groups excluding carboxylic acids is 1. The van der Waals surface area contributed by atoms with Crippen LogP contribution in [0.5, 0.6) is 0 Å². The number of hydrogen-bond donors (Lipinski definition) is 2. The van der Waals surface area contributed by atoms with Crippen LogP contribution in [0.15, 0.2) is 40.3 Å². The number of benzene rings is 1. The predicted molar refractivity (Wildman–Crippen MR) is 91.3 cm³/mol. The summed E-state index contributed by atoms with van der Waals surface area (Å²) in [7, 11) is 0. The number of non-ortho nitro benzene ring substituents is 1. The van der Waals surface area contributed by atoms with Crippen LogP contribution in [-0.2, 0) is 11.2 Å². The monoisotopic (exact) mass is 348 g/mol. The molecule has 0 bridgehead atoms. The van der Waals surface area contributed by atoms with Gasteiger partial charge in [-0.1, -0.05) is 31.2 Å². The standard InChI is InChI=1S/C15H16N4O4S/c1-2-4-10-8-13(20)18-15(17-10)24-9-14(21)16-11-5-3-6-12(7-11)19(22)23/h3,5-8H,2,4,9H2,1H3,(H,16,21)(H,17,18,20). The summed E-state index contributed by atoms with van der Waals surface area (Å²) in [6.45, 7) is 1.99. The van der Waals surface area contributed by atoms with Gasteiger partial charge in [0, 0.05) is 29.6 Å². The molecule has 1 aromatic heterocycles. The molecular formula is C15H16N4O4S. The number of anilines is 1. The Morgan fingerprint density at radius 2 is 2.21 bits per heavy atom. The molecule has 1 amide bonds. The van der Waals surface area contributed by atoms with Crippen LogP contribution in [0.2, 0.25) is 0 Å². The van der Waals surface area contributed by atoms with Crippen LogP contribution in [-0.4, -0.2) is 26.6 Å². The molecule has 1 heterocycles. The van der Waals surface area contributed by atoms with Gasteiger partial charge in [0.25, 0.3) is 11.2 Å². The molecule has 0 saturated carbocycles. The Balaban J connectivity index is 1.97. The van der Waals surface area contributed by atoms with Crippen LogP contribution in [0.4, 0.5) is 11.4 Å². The number of nitro benzene ring substituents is 1. The maximum absolute atomic E-state index is 11.9. The highest BCUT2D eigenvalue weighted by molar-refractivity contribution is 7.99. The topological polar surface area (TPSA) is 118 Å². The van der Waals surface area contributed by atoms with Gasteiger partial charge in [-0.3, -0.25) is 19.7 Å². The molecule has 0 radical (unpaired) electrons. The third-order valence-corrected chi connectivity index (χ3v) is 3.83. The first-order chi connectivity index (χ1) is 11.5. The van der Waals surface area contributed by atoms with Gasteiger partial charge in [-0.05, 0) is 12.5 Å². The number of nitro groups is 1. The molecule has 1 aromatic carbocycles. The van der Waals surface area contributed by atoms with Crippen molar-refractivity contribution < 1.29 is 9.72 Å². The molecule has 0 aliphatic carbocycles. The van der Waals surface area contributed by atoms with Crippen LogP contribution in [0.1, 0.15) is 19.0 Å². The first-order valence-corrected chi connectivity index (χ1v) is 8.24. The van der Waals surface area contributed by atoms with Crippen molar-refractivity contribution >= 4 is 29.0 Å². The fourth-order valence-corrected chi connectivity index (χ4v) is 2.66. The zero-order valence-corrected chi connectivity index (χ0v) is 13.8. The van der Waals surface area contributed by atoms with Gasteiger partial charge in [-0.2, -0.15) is 0 Å². The zero-order chi connectivity index (χ0) is 17.5. The van der Waals surface area contributed by atoms with E-state index >= 15 is 0 Å². The number of carbonyl (C=O) groups is 1. The Morgan fingerprint density at radius 3 is 2.92 bits per heavy atom. The van der Waals surface area contributed by atoms with Crippen molar-refractivity contribution in [2.45, 2.75) is 24.9 Å². The summed E-state index contributed by atoms with van der Waals surface area (Å²) in [6, 6.07) is 7.13. The molecule has 0 aliphatic heterocycles. The molecule has 0 saturated heterocycles. The smallest absolute Gasteiger partial charge is 0.271 e. The molecule has 0 unspecified atom stereocenters. The zero-order valence-electron chi connectivity index (χ0n) is 12.9. The second-order valence-electron chi connectivity index (χ2n) is 4.94. The fourth-order valence-electron chi connectivity index (χ4n) is 1.96. The van der Waals surface area contributed by atoms with E-state index in [2.05, 4.69) is 15.3 Å². The summed E-state index contributed by atoms with van der Waals surface area (Å²) >= 11 is 1.10. The van der Waals surface area contributed by atoms with E-state index in [-0.39, 0.29) is 22.9 Å². The summed E-state index contributed by atoms with van der Waals surface area (Å²) in [5.74, 6) is -0.315. The average molecular weight is 348 g/mol. The van der Waals surface area contributed by atoms with Crippen LogP contribution in [0.25, 0.3) is 0 Å². The summed E-state index contributed by atoms with van der Waals surface area (Å²) in [5, 5.41) is 13.7. The van der Waals surface area contributed by atoms with Gasteiger partial charge >= 0.3 is 0 Å². The Morgan fingerprint density at radius 1 is 1.42 bits per heavy atom. The highest BCUT2D eigenvalue weighted by Crippen LogP contribution is 2.18. The molecule has 0 spiro atoms. The highest BCUT2D eigenvalue weighted by Gasteiger charge is 2.10. The normalized spacial score (nSPS) is 10.4. The molecule has 2 rings (SSSR count). The molecule has 2 aromatic rings. The molecule has 8 nitrogen and oxygen atoms in total. The van der Waals surface area contributed by atoms with Crippen LogP contribution < -0.4 is 10.9 Å². The van der Waals surface area contributed by atoms with E-state index in [4.69, 9.17) is 0 Å². The van der Waals surface area contributed by atoms with E-state index in [9.17, 15) is 19.7 Å². The van der Waals surface area contributed by atoms with Crippen LogP contribution in [0.3, 0.4) is 0 Å². The molecule has 2 N–H and O–H groups in total. The number of thioether (sulfide) groups is 1. The summed E-state index contributed by atoms with van der Waals surface area (Å²) in [5.41, 5.74) is 0.674. The van der Waals surface area contributed by atoms with Gasteiger partial charge in [-0.25, -0.2) is 4.98 Å². The van der Waals surface area contributed by atoms with E-state index in [1.807, 2.05) is 6.92 Å². The number of H-pyrrole nitrogens is 1.